The van der Waals surface area contributed by atoms with Crippen LogP contribution in [0.15, 0.2) is 36.4 Å². The first-order valence-electron chi connectivity index (χ1n) is 6.29. The highest BCUT2D eigenvalue weighted by atomic mass is 35.5. The lowest BCUT2D eigenvalue weighted by atomic mass is 9.86. The second-order valence-electron chi connectivity index (χ2n) is 5.31. The van der Waals surface area contributed by atoms with Gasteiger partial charge in [-0.25, -0.2) is 4.39 Å². The zero-order chi connectivity index (χ0) is 14.9. The molecule has 0 radical (unpaired) electrons. The smallest absolute Gasteiger partial charge is 0.126 e. The Labute approximate surface area is 128 Å². The molecule has 2 aromatic rings. The van der Waals surface area contributed by atoms with Crippen molar-refractivity contribution in [2.45, 2.75) is 25.8 Å². The van der Waals surface area contributed by atoms with Gasteiger partial charge in [-0.1, -0.05) is 41.4 Å². The fourth-order valence-electron chi connectivity index (χ4n) is 2.12. The van der Waals surface area contributed by atoms with Crippen LogP contribution in [0.5, 0.6) is 0 Å². The van der Waals surface area contributed by atoms with Crippen molar-refractivity contribution >= 4 is 23.2 Å². The monoisotopic (exact) mass is 311 g/mol. The number of nitrogens with two attached hydrogens (primary N) is 1. The Bertz CT molecular complexity index is 638. The highest BCUT2D eigenvalue weighted by molar-refractivity contribution is 6.42. The average Bonchev–Trinajstić information content (AvgIpc) is 2.37. The van der Waals surface area contributed by atoms with Crippen LogP contribution in [0.25, 0.3) is 0 Å². The van der Waals surface area contributed by atoms with Crippen molar-refractivity contribution in [2.24, 2.45) is 5.73 Å². The van der Waals surface area contributed by atoms with Crippen molar-refractivity contribution in [3.63, 3.8) is 0 Å². The van der Waals surface area contributed by atoms with Crippen LogP contribution in [0.2, 0.25) is 10.0 Å². The minimum atomic E-state index is -0.675. The van der Waals surface area contributed by atoms with E-state index in [0.717, 1.165) is 11.1 Å². The van der Waals surface area contributed by atoms with E-state index in [2.05, 4.69) is 0 Å². The Hall–Kier alpha value is -1.09. The number of benzene rings is 2. The summed E-state index contributed by atoms with van der Waals surface area (Å²) in [5.74, 6) is -0.242. The summed E-state index contributed by atoms with van der Waals surface area (Å²) in [6.07, 6.45) is 0.548. The van der Waals surface area contributed by atoms with Gasteiger partial charge in [0.1, 0.15) is 5.82 Å². The van der Waals surface area contributed by atoms with Gasteiger partial charge in [-0.15, -0.1) is 0 Å². The fourth-order valence-corrected chi connectivity index (χ4v) is 2.44. The molecule has 0 bridgehead atoms. The van der Waals surface area contributed by atoms with E-state index in [-0.39, 0.29) is 5.82 Å². The molecule has 2 aromatic carbocycles. The SMILES string of the molecule is Cc1ccc(C(C)(N)Cc2ccc(Cl)c(Cl)c2)cc1F. The second kappa shape index (κ2) is 5.72. The first-order valence-corrected chi connectivity index (χ1v) is 7.04. The zero-order valence-electron chi connectivity index (χ0n) is 11.4. The molecule has 0 aliphatic carbocycles. The largest absolute Gasteiger partial charge is 0.321 e. The maximum absolute atomic E-state index is 13.7. The summed E-state index contributed by atoms with van der Waals surface area (Å²) >= 11 is 11.9. The van der Waals surface area contributed by atoms with Crippen molar-refractivity contribution in [3.05, 3.63) is 69.0 Å². The van der Waals surface area contributed by atoms with Crippen molar-refractivity contribution in [1.29, 1.82) is 0 Å². The summed E-state index contributed by atoms with van der Waals surface area (Å²) in [4.78, 5) is 0. The topological polar surface area (TPSA) is 26.0 Å². The molecule has 2 rings (SSSR count). The van der Waals surface area contributed by atoms with E-state index >= 15 is 0 Å². The van der Waals surface area contributed by atoms with Gasteiger partial charge >= 0.3 is 0 Å². The van der Waals surface area contributed by atoms with Gasteiger partial charge in [0, 0.05) is 5.54 Å². The number of hydrogen-bond acceptors (Lipinski definition) is 1. The third-order valence-electron chi connectivity index (χ3n) is 3.39. The molecule has 0 aliphatic rings. The highest BCUT2D eigenvalue weighted by Crippen LogP contribution is 2.28. The normalized spacial score (nSPS) is 14.1. The summed E-state index contributed by atoms with van der Waals surface area (Å²) in [6.45, 7) is 3.60. The Morgan fingerprint density at radius 1 is 1.10 bits per heavy atom. The van der Waals surface area contributed by atoms with Gasteiger partial charge in [-0.05, 0) is 55.2 Å². The predicted octanol–water partition coefficient (Wildman–Crippen LogP) is 4.86. The van der Waals surface area contributed by atoms with Crippen LogP contribution in [-0.2, 0) is 12.0 Å². The fraction of sp³-hybridized carbons (Fsp3) is 0.250. The quantitative estimate of drug-likeness (QED) is 0.861. The van der Waals surface area contributed by atoms with Crippen LogP contribution < -0.4 is 5.73 Å². The van der Waals surface area contributed by atoms with Gasteiger partial charge < -0.3 is 5.73 Å². The molecule has 0 heterocycles. The Morgan fingerprint density at radius 2 is 1.80 bits per heavy atom. The van der Waals surface area contributed by atoms with Crippen molar-refractivity contribution in [1.82, 2.24) is 0 Å². The van der Waals surface area contributed by atoms with E-state index in [9.17, 15) is 4.39 Å². The Morgan fingerprint density at radius 3 is 2.40 bits per heavy atom. The summed E-state index contributed by atoms with van der Waals surface area (Å²) in [5, 5.41) is 1.01. The molecule has 20 heavy (non-hydrogen) atoms. The van der Waals surface area contributed by atoms with Crippen LogP contribution in [0.4, 0.5) is 4.39 Å². The van der Waals surface area contributed by atoms with Crippen molar-refractivity contribution < 1.29 is 4.39 Å². The molecule has 4 heteroatoms. The second-order valence-corrected chi connectivity index (χ2v) is 6.12. The molecule has 0 aliphatic heterocycles. The van der Waals surface area contributed by atoms with Gasteiger partial charge in [-0.3, -0.25) is 0 Å². The summed E-state index contributed by atoms with van der Waals surface area (Å²) in [7, 11) is 0. The molecule has 1 unspecified atom stereocenters. The third kappa shape index (κ3) is 3.32. The lowest BCUT2D eigenvalue weighted by Crippen LogP contribution is -2.35. The molecule has 1 atom stereocenters. The van der Waals surface area contributed by atoms with Gasteiger partial charge in [0.25, 0.3) is 0 Å². The maximum atomic E-state index is 13.7. The molecule has 0 aromatic heterocycles. The standard InChI is InChI=1S/C16H16Cl2FN/c1-10-3-5-12(8-15(10)19)16(2,20)9-11-4-6-13(17)14(18)7-11/h3-8H,9,20H2,1-2H3. The van der Waals surface area contributed by atoms with Crippen LogP contribution >= 0.6 is 23.2 Å². The van der Waals surface area contributed by atoms with Crippen molar-refractivity contribution in [2.75, 3.05) is 0 Å². The molecular formula is C16H16Cl2FN. The molecule has 106 valence electrons. The molecule has 2 N–H and O–H groups in total. The summed E-state index contributed by atoms with van der Waals surface area (Å²) in [6, 6.07) is 10.5. The molecule has 1 nitrogen and oxygen atoms in total. The first-order chi connectivity index (χ1) is 9.29. The van der Waals surface area contributed by atoms with Gasteiger partial charge in [0.15, 0.2) is 0 Å². The van der Waals surface area contributed by atoms with Gasteiger partial charge in [0.05, 0.1) is 10.0 Å². The van der Waals surface area contributed by atoms with Crippen LogP contribution in [-0.4, -0.2) is 0 Å². The van der Waals surface area contributed by atoms with Crippen LogP contribution in [0.1, 0.15) is 23.6 Å². The molecular weight excluding hydrogens is 296 g/mol. The van der Waals surface area contributed by atoms with Crippen LogP contribution in [0.3, 0.4) is 0 Å². The first kappa shape index (κ1) is 15.3. The Kier molecular flexibility index (Phi) is 4.38. The predicted molar refractivity (Wildman–Crippen MR) is 82.8 cm³/mol. The molecule has 0 saturated carbocycles. The molecule has 0 amide bonds. The Balaban J connectivity index is 2.29. The number of hydrogen-bond donors (Lipinski definition) is 1. The van der Waals surface area contributed by atoms with E-state index in [4.69, 9.17) is 28.9 Å². The van der Waals surface area contributed by atoms with Gasteiger partial charge in [0.2, 0.25) is 0 Å². The van der Waals surface area contributed by atoms with Crippen LogP contribution in [0, 0.1) is 12.7 Å². The lowest BCUT2D eigenvalue weighted by Gasteiger charge is -2.26. The molecule has 0 spiro atoms. The van der Waals surface area contributed by atoms with Crippen molar-refractivity contribution in [3.8, 4) is 0 Å². The lowest BCUT2D eigenvalue weighted by molar-refractivity contribution is 0.485. The van der Waals surface area contributed by atoms with E-state index < -0.39 is 5.54 Å². The molecule has 0 saturated heterocycles. The summed E-state index contributed by atoms with van der Waals surface area (Å²) in [5.41, 5.74) is 7.99. The minimum Gasteiger partial charge on any atom is -0.321 e. The minimum absolute atomic E-state index is 0.242. The van der Waals surface area contributed by atoms with E-state index in [0.29, 0.717) is 22.0 Å². The van der Waals surface area contributed by atoms with E-state index in [1.54, 1.807) is 25.1 Å². The van der Waals surface area contributed by atoms with E-state index in [1.165, 1.54) is 6.07 Å². The summed E-state index contributed by atoms with van der Waals surface area (Å²) < 4.78 is 13.7. The molecule has 0 fully saturated rings. The van der Waals surface area contributed by atoms with E-state index in [1.807, 2.05) is 19.1 Å². The number of aryl methyl sites for hydroxylation is 1. The van der Waals surface area contributed by atoms with Gasteiger partial charge in [-0.2, -0.15) is 0 Å². The number of halogens is 3. The average molecular weight is 312 g/mol. The maximum Gasteiger partial charge on any atom is 0.126 e. The number of rotatable bonds is 3. The highest BCUT2D eigenvalue weighted by Gasteiger charge is 2.23. The zero-order valence-corrected chi connectivity index (χ0v) is 12.9. The third-order valence-corrected chi connectivity index (χ3v) is 4.13.